The quantitative estimate of drug-likeness (QED) is 0.586. The lowest BCUT2D eigenvalue weighted by Gasteiger charge is -2.32. The lowest BCUT2D eigenvalue weighted by atomic mass is 10.0. The van der Waals surface area contributed by atoms with Crippen molar-refractivity contribution in [3.63, 3.8) is 0 Å². The number of fused-ring (bicyclic) bond motifs is 1. The second-order valence-corrected chi connectivity index (χ2v) is 7.73. The number of carbonyl (C=O) groups is 1. The molecular formula is C18H16ClN5O3S. The monoisotopic (exact) mass is 417 g/mol. The SMILES string of the molecule is O=C1C2CNNC2N=C(SCc2cccc([N+](=O)[O-])c2)N1c1ccc(Cl)cc1. The number of nitrogens with one attached hydrogen (secondary N) is 2. The summed E-state index contributed by atoms with van der Waals surface area (Å²) in [5, 5.41) is 12.1. The molecule has 0 bridgehead atoms. The van der Waals surface area contributed by atoms with Crippen molar-refractivity contribution < 1.29 is 9.72 Å². The first-order valence-corrected chi connectivity index (χ1v) is 9.91. The Morgan fingerprint density at radius 1 is 1.29 bits per heavy atom. The number of hydrogen-bond donors (Lipinski definition) is 2. The summed E-state index contributed by atoms with van der Waals surface area (Å²) in [5.41, 5.74) is 7.50. The summed E-state index contributed by atoms with van der Waals surface area (Å²) in [6.45, 7) is 0.500. The third kappa shape index (κ3) is 3.74. The predicted octanol–water partition coefficient (Wildman–Crippen LogP) is 2.93. The number of rotatable bonds is 4. The fourth-order valence-corrected chi connectivity index (χ4v) is 4.22. The number of carbonyl (C=O) groups excluding carboxylic acids is 1. The van der Waals surface area contributed by atoms with Gasteiger partial charge in [-0.15, -0.1) is 0 Å². The van der Waals surface area contributed by atoms with E-state index in [-0.39, 0.29) is 23.7 Å². The maximum atomic E-state index is 13.1. The average Bonchev–Trinajstić information content (AvgIpc) is 3.17. The highest BCUT2D eigenvalue weighted by Gasteiger charge is 2.42. The van der Waals surface area contributed by atoms with Gasteiger partial charge in [-0.1, -0.05) is 35.5 Å². The van der Waals surface area contributed by atoms with Gasteiger partial charge in [0.25, 0.3) is 5.69 Å². The number of nitrogens with zero attached hydrogens (tertiary/aromatic N) is 3. The molecule has 144 valence electrons. The van der Waals surface area contributed by atoms with Gasteiger partial charge in [0.05, 0.1) is 16.5 Å². The number of aliphatic imine (C=N–C) groups is 1. The van der Waals surface area contributed by atoms with E-state index < -0.39 is 4.92 Å². The summed E-state index contributed by atoms with van der Waals surface area (Å²) >= 11 is 7.34. The standard InChI is InChI=1S/C18H16ClN5O3S/c19-12-4-6-13(7-5-12)23-17(25)15-9-20-22-16(15)21-18(23)28-10-11-2-1-3-14(8-11)24(26)27/h1-8,15-16,20,22H,9-10H2. The van der Waals surface area contributed by atoms with E-state index in [9.17, 15) is 14.9 Å². The van der Waals surface area contributed by atoms with Crippen molar-refractivity contribution in [3.05, 3.63) is 69.2 Å². The number of nitro benzene ring substituents is 1. The normalized spacial score (nSPS) is 21.4. The third-order valence-electron chi connectivity index (χ3n) is 4.51. The van der Waals surface area contributed by atoms with Gasteiger partial charge in [0.15, 0.2) is 5.17 Å². The molecule has 0 spiro atoms. The zero-order valence-corrected chi connectivity index (χ0v) is 16.1. The number of nitro groups is 1. The van der Waals surface area contributed by atoms with Crippen LogP contribution in [0.3, 0.4) is 0 Å². The van der Waals surface area contributed by atoms with E-state index in [1.807, 2.05) is 6.07 Å². The number of halogens is 1. The second kappa shape index (κ2) is 7.88. The van der Waals surface area contributed by atoms with Crippen LogP contribution in [0.2, 0.25) is 5.02 Å². The zero-order chi connectivity index (χ0) is 19.7. The molecule has 2 aromatic rings. The number of hydrogen-bond acceptors (Lipinski definition) is 7. The first-order chi connectivity index (χ1) is 13.5. The maximum absolute atomic E-state index is 13.1. The van der Waals surface area contributed by atoms with Gasteiger partial charge in [0.1, 0.15) is 6.17 Å². The Kier molecular flexibility index (Phi) is 5.31. The van der Waals surface area contributed by atoms with Gasteiger partial charge in [-0.25, -0.2) is 10.4 Å². The molecule has 28 heavy (non-hydrogen) atoms. The molecule has 4 rings (SSSR count). The Bertz CT molecular complexity index is 952. The van der Waals surface area contributed by atoms with Crippen LogP contribution in [-0.4, -0.2) is 28.7 Å². The Morgan fingerprint density at radius 3 is 2.82 bits per heavy atom. The van der Waals surface area contributed by atoms with Crippen molar-refractivity contribution in [1.82, 2.24) is 10.9 Å². The van der Waals surface area contributed by atoms with E-state index in [2.05, 4.69) is 10.9 Å². The fourth-order valence-electron chi connectivity index (χ4n) is 3.10. The van der Waals surface area contributed by atoms with Crippen molar-refractivity contribution >= 4 is 45.8 Å². The first-order valence-electron chi connectivity index (χ1n) is 8.55. The van der Waals surface area contributed by atoms with E-state index >= 15 is 0 Å². The molecule has 1 fully saturated rings. The minimum atomic E-state index is -0.422. The van der Waals surface area contributed by atoms with E-state index in [1.165, 1.54) is 23.9 Å². The van der Waals surface area contributed by atoms with Crippen LogP contribution in [0, 0.1) is 16.0 Å². The smallest absolute Gasteiger partial charge is 0.269 e. The molecule has 2 atom stereocenters. The van der Waals surface area contributed by atoms with Crippen molar-refractivity contribution in [1.29, 1.82) is 0 Å². The van der Waals surface area contributed by atoms with Crippen LogP contribution >= 0.6 is 23.4 Å². The second-order valence-electron chi connectivity index (χ2n) is 6.35. The van der Waals surface area contributed by atoms with Crippen LogP contribution in [0.4, 0.5) is 11.4 Å². The molecule has 0 aromatic heterocycles. The minimum absolute atomic E-state index is 0.0380. The molecule has 2 aromatic carbocycles. The van der Waals surface area contributed by atoms with Crippen LogP contribution in [-0.2, 0) is 10.5 Å². The summed E-state index contributed by atoms with van der Waals surface area (Å²) in [6.07, 6.45) is -0.330. The number of amidine groups is 1. The average molecular weight is 418 g/mol. The number of anilines is 1. The molecule has 8 nitrogen and oxygen atoms in total. The van der Waals surface area contributed by atoms with Crippen molar-refractivity contribution in [3.8, 4) is 0 Å². The Balaban J connectivity index is 1.62. The molecule has 0 aliphatic carbocycles. The van der Waals surface area contributed by atoms with Gasteiger partial charge in [-0.3, -0.25) is 25.2 Å². The predicted molar refractivity (Wildman–Crippen MR) is 109 cm³/mol. The van der Waals surface area contributed by atoms with Gasteiger partial charge in [-0.05, 0) is 29.8 Å². The Labute approximate surface area is 170 Å². The van der Waals surface area contributed by atoms with Gasteiger partial charge in [0, 0.05) is 29.5 Å². The molecule has 1 saturated heterocycles. The molecule has 2 N–H and O–H groups in total. The zero-order valence-electron chi connectivity index (χ0n) is 14.5. The topological polar surface area (TPSA) is 99.9 Å². The summed E-state index contributed by atoms with van der Waals surface area (Å²) in [6, 6.07) is 13.5. The van der Waals surface area contributed by atoms with Gasteiger partial charge >= 0.3 is 0 Å². The van der Waals surface area contributed by atoms with Crippen LogP contribution in [0.5, 0.6) is 0 Å². The summed E-state index contributed by atoms with van der Waals surface area (Å²) < 4.78 is 0. The largest absolute Gasteiger partial charge is 0.274 e. The Morgan fingerprint density at radius 2 is 2.07 bits per heavy atom. The maximum Gasteiger partial charge on any atom is 0.269 e. The van der Waals surface area contributed by atoms with Crippen molar-refractivity contribution in [2.24, 2.45) is 10.9 Å². The van der Waals surface area contributed by atoms with Crippen LogP contribution in [0.25, 0.3) is 0 Å². The molecule has 2 aliphatic rings. The molecular weight excluding hydrogens is 402 g/mol. The number of thioether (sulfide) groups is 1. The van der Waals surface area contributed by atoms with Crippen molar-refractivity contribution in [2.75, 3.05) is 11.4 Å². The highest BCUT2D eigenvalue weighted by atomic mass is 35.5. The molecule has 0 radical (unpaired) electrons. The van der Waals surface area contributed by atoms with E-state index in [0.29, 0.717) is 28.2 Å². The van der Waals surface area contributed by atoms with Gasteiger partial charge < -0.3 is 0 Å². The Hall–Kier alpha value is -2.46. The number of hydrazine groups is 1. The summed E-state index contributed by atoms with van der Waals surface area (Å²) in [7, 11) is 0. The van der Waals surface area contributed by atoms with E-state index in [0.717, 1.165) is 5.56 Å². The van der Waals surface area contributed by atoms with E-state index in [1.54, 1.807) is 35.2 Å². The highest BCUT2D eigenvalue weighted by Crippen LogP contribution is 2.31. The molecule has 2 aliphatic heterocycles. The van der Waals surface area contributed by atoms with Crippen LogP contribution < -0.4 is 15.8 Å². The van der Waals surface area contributed by atoms with Crippen LogP contribution in [0.1, 0.15) is 5.56 Å². The van der Waals surface area contributed by atoms with Gasteiger partial charge in [-0.2, -0.15) is 0 Å². The number of amides is 1. The highest BCUT2D eigenvalue weighted by molar-refractivity contribution is 8.13. The lowest BCUT2D eigenvalue weighted by molar-refractivity contribution is -0.384. The first kappa shape index (κ1) is 18.9. The number of benzene rings is 2. The summed E-state index contributed by atoms with van der Waals surface area (Å²) in [5.74, 6) is 0.0992. The number of non-ortho nitro benzene ring substituents is 1. The lowest BCUT2D eigenvalue weighted by Crippen LogP contribution is -2.49. The molecule has 0 saturated carbocycles. The molecule has 2 heterocycles. The molecule has 1 amide bonds. The van der Waals surface area contributed by atoms with Crippen molar-refractivity contribution in [2.45, 2.75) is 11.9 Å². The van der Waals surface area contributed by atoms with Gasteiger partial charge in [0.2, 0.25) is 5.91 Å². The molecule has 10 heteroatoms. The fraction of sp³-hybridized carbons (Fsp3) is 0.222. The third-order valence-corrected chi connectivity index (χ3v) is 5.78. The van der Waals surface area contributed by atoms with E-state index in [4.69, 9.17) is 16.6 Å². The molecule has 2 unspecified atom stereocenters. The minimum Gasteiger partial charge on any atom is -0.274 e. The summed E-state index contributed by atoms with van der Waals surface area (Å²) in [4.78, 5) is 29.9. The van der Waals surface area contributed by atoms with Crippen LogP contribution in [0.15, 0.2) is 53.5 Å².